The van der Waals surface area contributed by atoms with Gasteiger partial charge < -0.3 is 11.1 Å². The third-order valence-corrected chi connectivity index (χ3v) is 5.19. The number of nitrogens with one attached hydrogen (secondary N) is 1. The third kappa shape index (κ3) is 3.29. The van der Waals surface area contributed by atoms with E-state index in [9.17, 15) is 4.79 Å². The number of amides is 1. The second-order valence-electron chi connectivity index (χ2n) is 5.67. The molecular weight excluding hydrogens is 282 g/mol. The summed E-state index contributed by atoms with van der Waals surface area (Å²) in [4.78, 5) is 15.8. The van der Waals surface area contributed by atoms with Crippen molar-refractivity contribution in [3.63, 3.8) is 0 Å². The first kappa shape index (κ1) is 14.6. The topological polar surface area (TPSA) is 58.4 Å². The van der Waals surface area contributed by atoms with Gasteiger partial charge >= 0.3 is 0 Å². The van der Waals surface area contributed by atoms with Gasteiger partial charge in [0.15, 0.2) is 0 Å². The first-order valence-electron chi connectivity index (χ1n) is 7.60. The van der Waals surface area contributed by atoms with Gasteiger partial charge in [0.25, 0.3) is 5.91 Å². The molecule has 1 amide bonds. The fourth-order valence-corrected chi connectivity index (χ4v) is 4.08. The molecule has 5 heteroatoms. The van der Waals surface area contributed by atoms with Crippen LogP contribution in [-0.4, -0.2) is 42.5 Å². The van der Waals surface area contributed by atoms with E-state index < -0.39 is 0 Å². The van der Waals surface area contributed by atoms with Gasteiger partial charge in [-0.25, -0.2) is 0 Å². The van der Waals surface area contributed by atoms with Crippen LogP contribution in [0.5, 0.6) is 0 Å². The molecule has 0 bridgehead atoms. The van der Waals surface area contributed by atoms with Crippen LogP contribution >= 0.6 is 11.3 Å². The fraction of sp³-hybridized carbons (Fsp3) is 0.562. The van der Waals surface area contributed by atoms with E-state index >= 15 is 0 Å². The lowest BCUT2D eigenvalue weighted by atomic mass is 9.99. The van der Waals surface area contributed by atoms with Crippen molar-refractivity contribution in [2.24, 2.45) is 5.73 Å². The molecule has 2 saturated heterocycles. The highest BCUT2D eigenvalue weighted by atomic mass is 32.1. The third-order valence-electron chi connectivity index (χ3n) is 4.35. The first-order chi connectivity index (χ1) is 10.3. The maximum atomic E-state index is 12.4. The van der Waals surface area contributed by atoms with E-state index in [2.05, 4.69) is 22.1 Å². The van der Waals surface area contributed by atoms with Gasteiger partial charge in [0.1, 0.15) is 0 Å². The van der Waals surface area contributed by atoms with Gasteiger partial charge in [0.2, 0.25) is 0 Å². The van der Waals surface area contributed by atoms with Crippen LogP contribution in [-0.2, 0) is 0 Å². The van der Waals surface area contributed by atoms with Crippen molar-refractivity contribution in [3.05, 3.63) is 21.9 Å². The number of hydrogen-bond acceptors (Lipinski definition) is 4. The van der Waals surface area contributed by atoms with Gasteiger partial charge in [-0.15, -0.1) is 11.3 Å². The Morgan fingerprint density at radius 1 is 1.43 bits per heavy atom. The molecule has 0 spiro atoms. The van der Waals surface area contributed by atoms with Gasteiger partial charge in [0, 0.05) is 24.0 Å². The van der Waals surface area contributed by atoms with E-state index in [-0.39, 0.29) is 5.91 Å². The monoisotopic (exact) mass is 303 g/mol. The molecule has 0 aliphatic carbocycles. The van der Waals surface area contributed by atoms with Gasteiger partial charge in [-0.05, 0) is 31.9 Å². The number of nitrogens with two attached hydrogens (primary N) is 1. The van der Waals surface area contributed by atoms with Gasteiger partial charge in [-0.3, -0.25) is 9.69 Å². The minimum atomic E-state index is 0.0319. The molecule has 2 atom stereocenters. The molecule has 2 aliphatic heterocycles. The summed E-state index contributed by atoms with van der Waals surface area (Å²) in [5, 5.41) is 5.10. The zero-order valence-electron chi connectivity index (χ0n) is 12.1. The Kier molecular flexibility index (Phi) is 4.59. The maximum Gasteiger partial charge on any atom is 0.252 e. The Hall–Kier alpha value is -1.35. The molecule has 0 radical (unpaired) electrons. The van der Waals surface area contributed by atoms with E-state index in [1.165, 1.54) is 37.1 Å². The second kappa shape index (κ2) is 6.61. The van der Waals surface area contributed by atoms with Crippen LogP contribution in [0, 0.1) is 11.8 Å². The van der Waals surface area contributed by atoms with Crippen molar-refractivity contribution < 1.29 is 4.79 Å². The summed E-state index contributed by atoms with van der Waals surface area (Å²) in [6, 6.07) is 2.70. The smallest absolute Gasteiger partial charge is 0.252 e. The van der Waals surface area contributed by atoms with Crippen molar-refractivity contribution in [2.45, 2.75) is 37.8 Å². The Labute approximate surface area is 129 Å². The Bertz CT molecular complexity index is 572. The minimum absolute atomic E-state index is 0.0319. The van der Waals surface area contributed by atoms with Crippen LogP contribution in [0.15, 0.2) is 11.4 Å². The molecule has 112 valence electrons. The quantitative estimate of drug-likeness (QED) is 0.812. The summed E-state index contributed by atoms with van der Waals surface area (Å²) in [6.07, 6.45) is 4.86. The summed E-state index contributed by atoms with van der Waals surface area (Å²) < 4.78 is 0. The van der Waals surface area contributed by atoms with Crippen molar-refractivity contribution in [1.82, 2.24) is 10.2 Å². The molecule has 1 aromatic rings. The molecule has 2 unspecified atom stereocenters. The maximum absolute atomic E-state index is 12.4. The average Bonchev–Trinajstić information content (AvgIpc) is 3.13. The highest BCUT2D eigenvalue weighted by molar-refractivity contribution is 7.10. The molecule has 3 heterocycles. The lowest BCUT2D eigenvalue weighted by Crippen LogP contribution is -2.46. The van der Waals surface area contributed by atoms with Gasteiger partial charge in [-0.2, -0.15) is 0 Å². The number of nitrogens with zero attached hydrogens (tertiary/aromatic N) is 1. The van der Waals surface area contributed by atoms with E-state index in [4.69, 9.17) is 5.73 Å². The number of carbonyl (C=O) groups excluding carboxylic acids is 1. The number of rotatable bonds is 2. The number of thiophene rings is 1. The predicted octanol–water partition coefficient (Wildman–Crippen LogP) is 1.41. The molecule has 4 nitrogen and oxygen atoms in total. The molecule has 2 aliphatic rings. The van der Waals surface area contributed by atoms with Crippen molar-refractivity contribution in [3.8, 4) is 11.8 Å². The van der Waals surface area contributed by atoms with Crippen molar-refractivity contribution in [1.29, 1.82) is 0 Å². The van der Waals surface area contributed by atoms with E-state index in [0.717, 1.165) is 23.4 Å². The lowest BCUT2D eigenvalue weighted by molar-refractivity contribution is 0.0916. The van der Waals surface area contributed by atoms with Crippen LogP contribution in [0.25, 0.3) is 0 Å². The number of carbonyl (C=O) groups is 1. The Balaban J connectivity index is 1.62. The number of hydrogen-bond donors (Lipinski definition) is 2. The largest absolute Gasteiger partial charge is 0.348 e. The van der Waals surface area contributed by atoms with Gasteiger partial charge in [0.05, 0.1) is 17.0 Å². The van der Waals surface area contributed by atoms with Crippen molar-refractivity contribution >= 4 is 17.2 Å². The Morgan fingerprint density at radius 3 is 3.19 bits per heavy atom. The minimum Gasteiger partial charge on any atom is -0.348 e. The van der Waals surface area contributed by atoms with Gasteiger partial charge in [-0.1, -0.05) is 18.3 Å². The highest BCUT2D eigenvalue weighted by Crippen LogP contribution is 2.27. The zero-order valence-corrected chi connectivity index (χ0v) is 12.9. The molecule has 0 saturated carbocycles. The molecule has 3 rings (SSSR count). The predicted molar refractivity (Wildman–Crippen MR) is 85.3 cm³/mol. The summed E-state index contributed by atoms with van der Waals surface area (Å²) in [6.45, 7) is 2.65. The van der Waals surface area contributed by atoms with Crippen LogP contribution < -0.4 is 11.1 Å². The van der Waals surface area contributed by atoms with Crippen LogP contribution in [0.3, 0.4) is 0 Å². The number of piperidine rings is 1. The van der Waals surface area contributed by atoms with Crippen LogP contribution in [0.4, 0.5) is 0 Å². The SMILES string of the molecule is NCC#Cc1cc(C(=O)NC2CCN3CCCCC23)cs1. The fourth-order valence-electron chi connectivity index (χ4n) is 3.33. The highest BCUT2D eigenvalue weighted by Gasteiger charge is 2.36. The van der Waals surface area contributed by atoms with Crippen LogP contribution in [0.2, 0.25) is 0 Å². The molecule has 3 N–H and O–H groups in total. The normalized spacial score (nSPS) is 25.0. The zero-order chi connectivity index (χ0) is 14.7. The summed E-state index contributed by atoms with van der Waals surface area (Å²) in [7, 11) is 0. The van der Waals surface area contributed by atoms with Crippen LogP contribution in [0.1, 0.15) is 40.9 Å². The molecular formula is C16H21N3OS. The summed E-state index contributed by atoms with van der Waals surface area (Å²) >= 11 is 1.50. The second-order valence-corrected chi connectivity index (χ2v) is 6.58. The lowest BCUT2D eigenvalue weighted by Gasteiger charge is -2.32. The molecule has 21 heavy (non-hydrogen) atoms. The first-order valence-corrected chi connectivity index (χ1v) is 8.48. The standard InChI is InChI=1S/C16H21N3OS/c17-7-3-4-13-10-12(11-21-13)16(20)18-14-6-9-19-8-2-1-5-15(14)19/h10-11,14-15H,1-2,5-9,17H2,(H,18,20). The summed E-state index contributed by atoms with van der Waals surface area (Å²) in [5.74, 6) is 5.82. The molecule has 1 aromatic heterocycles. The number of fused-ring (bicyclic) bond motifs is 1. The summed E-state index contributed by atoms with van der Waals surface area (Å²) in [5.41, 5.74) is 6.08. The van der Waals surface area contributed by atoms with Crippen molar-refractivity contribution in [2.75, 3.05) is 19.6 Å². The van der Waals surface area contributed by atoms with E-state index in [1.807, 2.05) is 11.4 Å². The van der Waals surface area contributed by atoms with E-state index in [0.29, 0.717) is 18.6 Å². The Morgan fingerprint density at radius 2 is 2.33 bits per heavy atom. The molecule has 0 aromatic carbocycles. The van der Waals surface area contributed by atoms with E-state index in [1.54, 1.807) is 0 Å². The average molecular weight is 303 g/mol. The molecule has 2 fully saturated rings.